The highest BCUT2D eigenvalue weighted by Crippen LogP contribution is 2.69. The molecule has 2 aliphatic carbocycles. The van der Waals surface area contributed by atoms with Gasteiger partial charge in [-0.25, -0.2) is 4.79 Å². The molecule has 3 aromatic rings. The molecule has 0 spiro atoms. The van der Waals surface area contributed by atoms with Crippen LogP contribution in [0.25, 0.3) is 0 Å². The minimum atomic E-state index is -0.480. The number of fused-ring (bicyclic) bond motifs is 9. The average molecular weight is 597 g/mol. The van der Waals surface area contributed by atoms with Crippen molar-refractivity contribution in [3.8, 4) is 5.75 Å². The van der Waals surface area contributed by atoms with Gasteiger partial charge in [0.1, 0.15) is 5.75 Å². The predicted molar refractivity (Wildman–Crippen MR) is 151 cm³/mol. The maximum absolute atomic E-state index is 13.9. The second kappa shape index (κ2) is 9.78. The van der Waals surface area contributed by atoms with Crippen LogP contribution in [0.1, 0.15) is 29.7 Å². The van der Waals surface area contributed by atoms with Crippen molar-refractivity contribution < 1.29 is 23.9 Å². The summed E-state index contributed by atoms with van der Waals surface area (Å²) in [6.45, 7) is 1.72. The zero-order chi connectivity index (χ0) is 27.7. The van der Waals surface area contributed by atoms with Gasteiger partial charge < -0.3 is 14.5 Å². The number of esters is 1. The molecule has 1 saturated heterocycles. The SMILES string of the molecule is CCOC(=O)COc1ccc(Cl)cc1[C@@H]1c2sc(=O)[nH]c2S[C@@H]2[C@@H]3C[C@@H]([C@@H]4C(=O)N(c5ccccc5)C(=O)[C@@H]34)[C@H]12. The standard InChI is InChI=1S/C29H25ClN2O6S2/c1-2-37-19(33)12-38-18-9-8-13(30)10-15(18)20-21-16-11-17(24(21)39-26-25(20)40-29(36)31-26)23-22(16)27(34)32(28(23)35)14-6-4-3-5-7-14/h3-10,16-17,20-24H,2,11-12H2,1H3,(H,31,36)/t16-,17-,20+,21-,22+,23+,24-/m1/s1. The van der Waals surface area contributed by atoms with Crippen molar-refractivity contribution in [3.05, 3.63) is 73.7 Å². The lowest BCUT2D eigenvalue weighted by molar-refractivity contribution is -0.145. The van der Waals surface area contributed by atoms with E-state index in [-0.39, 0.29) is 64.7 Å². The Bertz CT molecular complexity index is 1590. The number of thioether (sulfide) groups is 1. The summed E-state index contributed by atoms with van der Waals surface area (Å²) in [5.41, 5.74) is 1.37. The number of anilines is 1. The number of aromatic nitrogens is 1. The summed E-state index contributed by atoms with van der Waals surface area (Å²) in [6, 6.07) is 14.4. The molecule has 3 fully saturated rings. The van der Waals surface area contributed by atoms with Gasteiger partial charge in [0.25, 0.3) is 0 Å². The third-order valence-corrected chi connectivity index (χ3v) is 11.5. The van der Waals surface area contributed by atoms with Crippen molar-refractivity contribution in [1.82, 2.24) is 4.98 Å². The summed E-state index contributed by atoms with van der Waals surface area (Å²) in [5, 5.41) is 1.32. The van der Waals surface area contributed by atoms with Gasteiger partial charge in [0.05, 0.1) is 29.2 Å². The molecule has 1 aromatic heterocycles. The molecule has 2 aliphatic heterocycles. The maximum atomic E-state index is 13.9. The second-order valence-electron chi connectivity index (χ2n) is 10.6. The van der Waals surface area contributed by atoms with Crippen molar-refractivity contribution in [1.29, 1.82) is 0 Å². The topological polar surface area (TPSA) is 106 Å². The van der Waals surface area contributed by atoms with Gasteiger partial charge in [-0.1, -0.05) is 41.1 Å². The Hall–Kier alpha value is -3.08. The summed E-state index contributed by atoms with van der Waals surface area (Å²) in [5.74, 6) is -1.42. The first-order valence-corrected chi connectivity index (χ1v) is 15.3. The van der Waals surface area contributed by atoms with Crippen molar-refractivity contribution in [3.63, 3.8) is 0 Å². The van der Waals surface area contributed by atoms with E-state index < -0.39 is 11.9 Å². The highest BCUT2D eigenvalue weighted by molar-refractivity contribution is 8.00. The lowest BCUT2D eigenvalue weighted by Crippen LogP contribution is -2.42. The molecule has 1 N–H and O–H groups in total. The third kappa shape index (κ3) is 3.87. The molecule has 40 heavy (non-hydrogen) atoms. The van der Waals surface area contributed by atoms with Crippen LogP contribution in [0, 0.1) is 29.6 Å². The van der Waals surface area contributed by atoms with Gasteiger partial charge in [0.15, 0.2) is 6.61 Å². The van der Waals surface area contributed by atoms with Gasteiger partial charge in [-0.2, -0.15) is 0 Å². The van der Waals surface area contributed by atoms with E-state index in [1.54, 1.807) is 43.0 Å². The molecule has 2 saturated carbocycles. The van der Waals surface area contributed by atoms with Gasteiger partial charge in [-0.3, -0.25) is 19.3 Å². The summed E-state index contributed by atoms with van der Waals surface area (Å²) in [7, 11) is 0. The van der Waals surface area contributed by atoms with Crippen LogP contribution in [0.3, 0.4) is 0 Å². The van der Waals surface area contributed by atoms with E-state index >= 15 is 0 Å². The van der Waals surface area contributed by atoms with Crippen molar-refractivity contribution >= 4 is 58.2 Å². The van der Waals surface area contributed by atoms with Gasteiger partial charge in [0, 0.05) is 26.6 Å². The number of amides is 2. The van der Waals surface area contributed by atoms with Crippen LogP contribution in [0.4, 0.5) is 5.69 Å². The number of ether oxygens (including phenoxy) is 2. The fraction of sp³-hybridized carbons (Fsp3) is 0.379. The highest BCUT2D eigenvalue weighted by Gasteiger charge is 2.69. The average Bonchev–Trinajstić information content (AvgIpc) is 3.67. The molecule has 2 aromatic carbocycles. The number of benzene rings is 2. The quantitative estimate of drug-likeness (QED) is 0.324. The Kier molecular flexibility index (Phi) is 6.32. The number of thiazole rings is 1. The first-order chi connectivity index (χ1) is 19.4. The predicted octanol–water partition coefficient (Wildman–Crippen LogP) is 4.71. The van der Waals surface area contributed by atoms with Crippen molar-refractivity contribution in [2.24, 2.45) is 29.6 Å². The van der Waals surface area contributed by atoms with Gasteiger partial charge in [-0.05, 0) is 61.4 Å². The fourth-order valence-electron chi connectivity index (χ4n) is 7.43. The number of nitrogens with one attached hydrogen (secondary N) is 1. The van der Waals surface area contributed by atoms with Gasteiger partial charge in [-0.15, -0.1) is 11.8 Å². The first-order valence-electron chi connectivity index (χ1n) is 13.3. The smallest absolute Gasteiger partial charge is 0.344 e. The number of hydrogen-bond acceptors (Lipinski definition) is 8. The summed E-state index contributed by atoms with van der Waals surface area (Å²) >= 11 is 9.27. The highest BCUT2D eigenvalue weighted by atomic mass is 35.5. The minimum absolute atomic E-state index is 0.00250. The zero-order valence-corrected chi connectivity index (χ0v) is 23.8. The molecular formula is C29H25ClN2O6S2. The van der Waals surface area contributed by atoms with E-state index in [0.717, 1.165) is 33.2 Å². The van der Waals surface area contributed by atoms with Crippen LogP contribution in [0.15, 0.2) is 58.4 Å². The van der Waals surface area contributed by atoms with Crippen molar-refractivity contribution in [2.45, 2.75) is 29.5 Å². The molecule has 206 valence electrons. The van der Waals surface area contributed by atoms with E-state index in [0.29, 0.717) is 16.5 Å². The van der Waals surface area contributed by atoms with Crippen LogP contribution < -0.4 is 14.5 Å². The van der Waals surface area contributed by atoms with Crippen molar-refractivity contribution in [2.75, 3.05) is 18.1 Å². The normalized spacial score (nSPS) is 29.8. The van der Waals surface area contributed by atoms with Gasteiger partial charge >= 0.3 is 10.8 Å². The molecule has 0 unspecified atom stereocenters. The number of rotatable bonds is 6. The Labute approximate surface area is 243 Å². The molecule has 11 heteroatoms. The van der Waals surface area contributed by atoms with E-state index in [4.69, 9.17) is 21.1 Å². The van der Waals surface area contributed by atoms with E-state index in [9.17, 15) is 19.2 Å². The lowest BCUT2D eigenvalue weighted by atomic mass is 9.68. The summed E-state index contributed by atoms with van der Waals surface area (Å²) in [4.78, 5) is 57.4. The largest absolute Gasteiger partial charge is 0.482 e. The summed E-state index contributed by atoms with van der Waals surface area (Å²) in [6.07, 6.45) is 0.771. The molecule has 3 heterocycles. The van der Waals surface area contributed by atoms with E-state index in [1.807, 2.05) is 24.3 Å². The molecule has 7 atom stereocenters. The number of para-hydroxylation sites is 1. The molecule has 7 rings (SSSR count). The second-order valence-corrected chi connectivity index (χ2v) is 13.2. The monoisotopic (exact) mass is 596 g/mol. The van der Waals surface area contributed by atoms with Crippen LogP contribution in [0.2, 0.25) is 5.02 Å². The van der Waals surface area contributed by atoms with Gasteiger partial charge in [0.2, 0.25) is 11.8 Å². The van der Waals surface area contributed by atoms with E-state index in [2.05, 4.69) is 4.98 Å². The van der Waals surface area contributed by atoms with E-state index in [1.165, 1.54) is 4.90 Å². The number of H-pyrrole nitrogens is 1. The number of carbonyl (C=O) groups excluding carboxylic acids is 3. The fourth-order valence-corrected chi connectivity index (χ4v) is 10.5. The Morgan fingerprint density at radius 3 is 2.58 bits per heavy atom. The first kappa shape index (κ1) is 25.9. The number of nitrogens with zero attached hydrogens (tertiary/aromatic N) is 1. The molecular weight excluding hydrogens is 572 g/mol. The minimum Gasteiger partial charge on any atom is -0.482 e. The summed E-state index contributed by atoms with van der Waals surface area (Å²) < 4.78 is 11.0. The lowest BCUT2D eigenvalue weighted by Gasteiger charge is -2.43. The third-order valence-electron chi connectivity index (χ3n) is 8.70. The molecule has 8 nitrogen and oxygen atoms in total. The number of hydrogen-bond donors (Lipinski definition) is 1. The van der Waals surface area contributed by atoms with Crippen LogP contribution in [-0.2, 0) is 19.1 Å². The number of imide groups is 1. The maximum Gasteiger partial charge on any atom is 0.344 e. The number of aromatic amines is 1. The molecule has 4 aliphatic rings. The zero-order valence-electron chi connectivity index (χ0n) is 21.4. The Morgan fingerprint density at radius 2 is 1.82 bits per heavy atom. The number of halogens is 1. The van der Waals surface area contributed by atoms with Crippen LogP contribution in [0.5, 0.6) is 5.75 Å². The Morgan fingerprint density at radius 1 is 1.07 bits per heavy atom. The molecule has 0 radical (unpaired) electrons. The molecule has 2 amide bonds. The molecule has 2 bridgehead atoms. The Balaban J connectivity index is 1.31. The number of carbonyl (C=O) groups is 3. The van der Waals surface area contributed by atoms with Crippen LogP contribution in [-0.4, -0.2) is 41.2 Å². The van der Waals surface area contributed by atoms with Crippen LogP contribution >= 0.6 is 34.7 Å².